The van der Waals surface area contributed by atoms with Crippen LogP contribution in [-0.2, 0) is 23.0 Å². The Hall–Kier alpha value is -3.30. The van der Waals surface area contributed by atoms with Crippen LogP contribution >= 0.6 is 22.9 Å². The van der Waals surface area contributed by atoms with E-state index in [-0.39, 0.29) is 6.42 Å². The summed E-state index contributed by atoms with van der Waals surface area (Å²) in [7, 11) is 3.75. The molecule has 9 heteroatoms. The van der Waals surface area contributed by atoms with Crippen molar-refractivity contribution in [1.82, 2.24) is 19.7 Å². The summed E-state index contributed by atoms with van der Waals surface area (Å²) < 4.78 is 8.24. The monoisotopic (exact) mass is 574 g/mol. The highest BCUT2D eigenvalue weighted by molar-refractivity contribution is 7.22. The molecule has 3 heterocycles. The number of thiazole rings is 1. The molecule has 7 nitrogen and oxygen atoms in total. The number of carbonyl (C=O) groups is 1. The van der Waals surface area contributed by atoms with Crippen LogP contribution in [0.3, 0.4) is 0 Å². The van der Waals surface area contributed by atoms with Crippen molar-refractivity contribution in [2.45, 2.75) is 25.7 Å². The molecule has 1 N–H and O–H groups in total. The minimum absolute atomic E-state index is 0.0548. The van der Waals surface area contributed by atoms with Gasteiger partial charge in [0.25, 0.3) is 0 Å². The van der Waals surface area contributed by atoms with Crippen LogP contribution in [0.25, 0.3) is 42.8 Å². The minimum Gasteiger partial charge on any atom is -0.481 e. The molecule has 0 amide bonds. The van der Waals surface area contributed by atoms with Crippen LogP contribution < -0.4 is 0 Å². The normalized spacial score (nSPS) is 15.9. The van der Waals surface area contributed by atoms with Gasteiger partial charge in [0.2, 0.25) is 0 Å². The number of fused-ring (bicyclic) bond motifs is 2. The third kappa shape index (κ3) is 5.01. The molecular weight excluding hydrogens is 544 g/mol. The smallest absolute Gasteiger partial charge is 0.307 e. The lowest BCUT2D eigenvalue weighted by Crippen LogP contribution is -2.24. The number of likely N-dealkylation sites (tertiary alicyclic amines) is 1. The number of benzene rings is 3. The van der Waals surface area contributed by atoms with Crippen LogP contribution in [0.1, 0.15) is 29.2 Å². The second-order valence-electron chi connectivity index (χ2n) is 10.5. The number of aryl methyl sites for hydroxylation is 2. The fraction of sp³-hybridized carbons (Fsp3) is 0.323. The van der Waals surface area contributed by atoms with Crippen molar-refractivity contribution in [2.24, 2.45) is 7.05 Å². The zero-order valence-corrected chi connectivity index (χ0v) is 24.3. The van der Waals surface area contributed by atoms with Crippen molar-refractivity contribution in [3.63, 3.8) is 0 Å². The molecule has 6 rings (SSSR count). The SMILES string of the molecule is COCCN1CCC(c2nn(C)c3ccc(-c4nc5cc(C)c(CC(=O)O)c(-c6ccc(Cl)cc6)c5s4)cc23)C1. The maximum atomic E-state index is 11.8. The molecular formula is C31H31ClN4O3S. The summed E-state index contributed by atoms with van der Waals surface area (Å²) in [6, 6.07) is 16.1. The molecule has 5 aromatic rings. The van der Waals surface area contributed by atoms with E-state index in [0.717, 1.165) is 86.9 Å². The molecule has 3 aromatic carbocycles. The Morgan fingerprint density at radius 2 is 1.95 bits per heavy atom. The number of rotatable bonds is 8. The molecule has 1 aliphatic rings. The van der Waals surface area contributed by atoms with E-state index in [4.69, 9.17) is 26.4 Å². The van der Waals surface area contributed by atoms with Gasteiger partial charge in [-0.25, -0.2) is 4.98 Å². The van der Waals surface area contributed by atoms with Gasteiger partial charge in [0, 0.05) is 54.7 Å². The molecule has 1 unspecified atom stereocenters. The Kier molecular flexibility index (Phi) is 7.35. The number of carboxylic acids is 1. The molecule has 0 bridgehead atoms. The fourth-order valence-corrected chi connectivity index (χ4v) is 7.13. The first kappa shape index (κ1) is 26.9. The highest BCUT2D eigenvalue weighted by atomic mass is 35.5. The molecule has 2 aromatic heterocycles. The number of halogens is 1. The number of nitrogens with zero attached hydrogens (tertiary/aromatic N) is 4. The number of aromatic nitrogens is 3. The second-order valence-corrected chi connectivity index (χ2v) is 11.9. The van der Waals surface area contributed by atoms with E-state index < -0.39 is 5.97 Å². The first-order valence-electron chi connectivity index (χ1n) is 13.4. The quantitative estimate of drug-likeness (QED) is 0.227. The van der Waals surface area contributed by atoms with E-state index in [1.54, 1.807) is 18.4 Å². The highest BCUT2D eigenvalue weighted by Gasteiger charge is 2.28. The van der Waals surface area contributed by atoms with Crippen LogP contribution in [0.4, 0.5) is 0 Å². The van der Waals surface area contributed by atoms with E-state index in [0.29, 0.717) is 10.9 Å². The average Bonchev–Trinajstić information content (AvgIpc) is 3.65. The topological polar surface area (TPSA) is 80.5 Å². The summed E-state index contributed by atoms with van der Waals surface area (Å²) in [6.45, 7) is 5.67. The Labute approximate surface area is 242 Å². The van der Waals surface area contributed by atoms with Crippen LogP contribution in [0.15, 0.2) is 48.5 Å². The molecule has 1 aliphatic heterocycles. The highest BCUT2D eigenvalue weighted by Crippen LogP contribution is 2.42. The lowest BCUT2D eigenvalue weighted by atomic mass is 9.93. The summed E-state index contributed by atoms with van der Waals surface area (Å²) in [5.74, 6) is -0.478. The zero-order chi connectivity index (χ0) is 28.0. The molecule has 40 heavy (non-hydrogen) atoms. The molecule has 1 saturated heterocycles. The van der Waals surface area contributed by atoms with E-state index in [2.05, 4.69) is 23.1 Å². The first-order valence-corrected chi connectivity index (χ1v) is 14.6. The second kappa shape index (κ2) is 10.9. The van der Waals surface area contributed by atoms with Gasteiger partial charge in [0.15, 0.2) is 0 Å². The maximum Gasteiger partial charge on any atom is 0.307 e. The van der Waals surface area contributed by atoms with Gasteiger partial charge in [-0.15, -0.1) is 11.3 Å². The Morgan fingerprint density at radius 3 is 2.70 bits per heavy atom. The largest absolute Gasteiger partial charge is 0.481 e. The molecule has 0 saturated carbocycles. The fourth-order valence-electron chi connectivity index (χ4n) is 5.87. The third-order valence-corrected chi connectivity index (χ3v) is 9.26. The van der Waals surface area contributed by atoms with Gasteiger partial charge in [0.1, 0.15) is 5.01 Å². The summed E-state index contributed by atoms with van der Waals surface area (Å²) in [5, 5.41) is 17.4. The van der Waals surface area contributed by atoms with Crippen LogP contribution in [-0.4, -0.2) is 64.1 Å². The number of carboxylic acid groups (broad SMARTS) is 1. The van der Waals surface area contributed by atoms with Crippen molar-refractivity contribution in [3.8, 4) is 21.7 Å². The Balaban J connectivity index is 1.45. The average molecular weight is 575 g/mol. The predicted octanol–water partition coefficient (Wildman–Crippen LogP) is 6.54. The Bertz CT molecular complexity index is 1730. The predicted molar refractivity (Wildman–Crippen MR) is 162 cm³/mol. The van der Waals surface area contributed by atoms with Gasteiger partial charge in [-0.05, 0) is 73.0 Å². The van der Waals surface area contributed by atoms with Crippen molar-refractivity contribution in [2.75, 3.05) is 33.4 Å². The number of hydrogen-bond donors (Lipinski definition) is 1. The lowest BCUT2D eigenvalue weighted by molar-refractivity contribution is -0.136. The van der Waals surface area contributed by atoms with Crippen molar-refractivity contribution >= 4 is 50.0 Å². The van der Waals surface area contributed by atoms with Crippen LogP contribution in [0.2, 0.25) is 5.02 Å². The van der Waals surface area contributed by atoms with E-state index >= 15 is 0 Å². The van der Waals surface area contributed by atoms with Crippen molar-refractivity contribution in [1.29, 1.82) is 0 Å². The number of methoxy groups -OCH3 is 1. The maximum absolute atomic E-state index is 11.8. The van der Waals surface area contributed by atoms with Gasteiger partial charge < -0.3 is 14.7 Å². The molecule has 0 spiro atoms. The number of ether oxygens (including phenoxy) is 1. The van der Waals surface area contributed by atoms with E-state index in [1.165, 1.54) is 5.39 Å². The van der Waals surface area contributed by atoms with Gasteiger partial charge in [-0.1, -0.05) is 23.7 Å². The molecule has 0 radical (unpaired) electrons. The summed E-state index contributed by atoms with van der Waals surface area (Å²) in [4.78, 5) is 19.3. The van der Waals surface area contributed by atoms with Crippen molar-refractivity contribution < 1.29 is 14.6 Å². The number of aliphatic carboxylic acids is 1. The Morgan fingerprint density at radius 1 is 1.18 bits per heavy atom. The van der Waals surface area contributed by atoms with Crippen LogP contribution in [0, 0.1) is 6.92 Å². The lowest BCUT2D eigenvalue weighted by Gasteiger charge is -2.14. The number of hydrogen-bond acceptors (Lipinski definition) is 6. The standard InChI is InChI=1S/C31H31ClN4O3S/c1-18-14-25-30(28(23(18)16-27(37)38)19-4-7-22(32)8-5-19)40-31(33-25)20-6-9-26-24(15-20)29(34-35(26)2)21-10-11-36(17-21)12-13-39-3/h4-9,14-15,21H,10-13,16-17H2,1-3H3,(H,37,38). The van der Waals surface area contributed by atoms with Gasteiger partial charge in [0.05, 0.1) is 34.5 Å². The molecule has 1 fully saturated rings. The summed E-state index contributed by atoms with van der Waals surface area (Å²) in [6.07, 6.45) is 1.03. The first-order chi connectivity index (χ1) is 19.3. The van der Waals surface area contributed by atoms with E-state index in [9.17, 15) is 9.90 Å². The summed E-state index contributed by atoms with van der Waals surface area (Å²) >= 11 is 7.78. The van der Waals surface area contributed by atoms with Gasteiger partial charge >= 0.3 is 5.97 Å². The minimum atomic E-state index is -0.857. The summed E-state index contributed by atoms with van der Waals surface area (Å²) in [5.41, 5.74) is 7.74. The molecule has 0 aliphatic carbocycles. The van der Waals surface area contributed by atoms with E-state index in [1.807, 2.05) is 49.0 Å². The van der Waals surface area contributed by atoms with Crippen molar-refractivity contribution in [3.05, 3.63) is 70.4 Å². The van der Waals surface area contributed by atoms with Crippen LogP contribution in [0.5, 0.6) is 0 Å². The molecule has 206 valence electrons. The molecule has 1 atom stereocenters. The van der Waals surface area contributed by atoms with Gasteiger partial charge in [-0.2, -0.15) is 5.10 Å². The van der Waals surface area contributed by atoms with Gasteiger partial charge in [-0.3, -0.25) is 9.48 Å². The zero-order valence-electron chi connectivity index (χ0n) is 22.8. The third-order valence-electron chi connectivity index (χ3n) is 7.87.